The van der Waals surface area contributed by atoms with Crippen LogP contribution in [-0.2, 0) is 14.8 Å². The molecule has 1 aliphatic rings. The lowest BCUT2D eigenvalue weighted by Gasteiger charge is -2.31. The van der Waals surface area contributed by atoms with Gasteiger partial charge < -0.3 is 5.32 Å². The molecule has 30 heavy (non-hydrogen) atoms. The quantitative estimate of drug-likeness (QED) is 0.747. The van der Waals surface area contributed by atoms with Crippen LogP contribution < -0.4 is 5.32 Å². The third-order valence-electron chi connectivity index (χ3n) is 5.93. The van der Waals surface area contributed by atoms with Crippen molar-refractivity contribution in [3.8, 4) is 0 Å². The van der Waals surface area contributed by atoms with Gasteiger partial charge in [0.2, 0.25) is 15.9 Å². The number of rotatable bonds is 6. The Morgan fingerprint density at radius 2 is 1.73 bits per heavy atom. The molecule has 1 amide bonds. The number of nitrogens with zero attached hydrogens (tertiary/aromatic N) is 1. The van der Waals surface area contributed by atoms with Crippen molar-refractivity contribution < 1.29 is 17.6 Å². The fraction of sp³-hybridized carbons (Fsp3) is 0.435. The van der Waals surface area contributed by atoms with E-state index in [0.717, 1.165) is 24.1 Å². The van der Waals surface area contributed by atoms with E-state index < -0.39 is 15.8 Å². The van der Waals surface area contributed by atoms with E-state index in [0.29, 0.717) is 12.8 Å². The summed E-state index contributed by atoms with van der Waals surface area (Å²) < 4.78 is 40.0. The number of hydrogen-bond acceptors (Lipinski definition) is 3. The molecule has 1 aliphatic heterocycles. The Balaban J connectivity index is 1.61. The molecular formula is C23H29FN2O3S. The number of nitrogens with one attached hydrogen (secondary N) is 1. The first-order valence-corrected chi connectivity index (χ1v) is 11.8. The predicted molar refractivity (Wildman–Crippen MR) is 115 cm³/mol. The van der Waals surface area contributed by atoms with Crippen LogP contribution >= 0.6 is 0 Å². The second kappa shape index (κ2) is 9.27. The number of hydrogen-bond donors (Lipinski definition) is 1. The Hall–Kier alpha value is -2.25. The molecule has 2 aromatic carbocycles. The maximum Gasteiger partial charge on any atom is 0.243 e. The molecule has 7 heteroatoms. The zero-order chi connectivity index (χ0) is 21.9. The minimum absolute atomic E-state index is 0.0288. The highest BCUT2D eigenvalue weighted by atomic mass is 32.2. The molecule has 0 bridgehead atoms. The molecule has 5 nitrogen and oxygen atoms in total. The average Bonchev–Trinajstić information content (AvgIpc) is 2.74. The number of carbonyl (C=O) groups is 1. The summed E-state index contributed by atoms with van der Waals surface area (Å²) in [5.41, 5.74) is 3.50. The van der Waals surface area contributed by atoms with Crippen LogP contribution in [0, 0.1) is 25.6 Å². The second-order valence-electron chi connectivity index (χ2n) is 7.95. The largest absolute Gasteiger partial charge is 0.349 e. The van der Waals surface area contributed by atoms with Gasteiger partial charge in [0.25, 0.3) is 0 Å². The van der Waals surface area contributed by atoms with Gasteiger partial charge in [-0.2, -0.15) is 4.31 Å². The summed E-state index contributed by atoms with van der Waals surface area (Å²) in [5.74, 6) is -0.720. The van der Waals surface area contributed by atoms with Crippen LogP contribution in [-0.4, -0.2) is 31.7 Å². The molecule has 1 saturated heterocycles. The lowest BCUT2D eigenvalue weighted by atomic mass is 9.95. The minimum atomic E-state index is -3.67. The zero-order valence-electron chi connectivity index (χ0n) is 17.7. The first-order chi connectivity index (χ1) is 14.2. The van der Waals surface area contributed by atoms with Crippen molar-refractivity contribution in [3.05, 3.63) is 65.0 Å². The fourth-order valence-corrected chi connectivity index (χ4v) is 5.28. The Kier molecular flexibility index (Phi) is 6.93. The number of aryl methyl sites for hydroxylation is 2. The van der Waals surface area contributed by atoms with Crippen LogP contribution in [0.4, 0.5) is 4.39 Å². The Morgan fingerprint density at radius 1 is 1.10 bits per heavy atom. The predicted octanol–water partition coefficient (Wildman–Crippen LogP) is 4.11. The Bertz CT molecular complexity index is 998. The molecule has 1 N–H and O–H groups in total. The van der Waals surface area contributed by atoms with Crippen LogP contribution in [0.25, 0.3) is 0 Å². The Labute approximate surface area is 178 Å². The van der Waals surface area contributed by atoms with Crippen LogP contribution in [0.2, 0.25) is 0 Å². The highest BCUT2D eigenvalue weighted by Crippen LogP contribution is 2.26. The molecule has 1 atom stereocenters. The van der Waals surface area contributed by atoms with Crippen molar-refractivity contribution in [1.29, 1.82) is 0 Å². The van der Waals surface area contributed by atoms with E-state index in [4.69, 9.17) is 0 Å². The molecule has 0 aromatic heterocycles. The van der Waals surface area contributed by atoms with E-state index in [-0.39, 0.29) is 35.9 Å². The number of sulfonamides is 1. The average molecular weight is 433 g/mol. The van der Waals surface area contributed by atoms with Gasteiger partial charge >= 0.3 is 0 Å². The van der Waals surface area contributed by atoms with E-state index in [1.165, 1.54) is 27.6 Å². The number of piperidine rings is 1. The monoisotopic (exact) mass is 432 g/mol. The lowest BCUT2D eigenvalue weighted by molar-refractivity contribution is -0.126. The van der Waals surface area contributed by atoms with Crippen LogP contribution in [0.3, 0.4) is 0 Å². The molecule has 3 rings (SSSR count). The molecule has 0 radical (unpaired) electrons. The van der Waals surface area contributed by atoms with E-state index in [1.54, 1.807) is 0 Å². The van der Waals surface area contributed by atoms with Gasteiger partial charge in [-0.15, -0.1) is 0 Å². The van der Waals surface area contributed by atoms with Gasteiger partial charge in [0.1, 0.15) is 5.82 Å². The number of amides is 1. The highest BCUT2D eigenvalue weighted by Gasteiger charge is 2.32. The number of halogens is 1. The SMILES string of the molecule is CCC(NC(=O)C1CCN(S(=O)(=O)c2ccc(F)cc2)CC1)c1ccc(C)c(C)c1. The first kappa shape index (κ1) is 22.4. The summed E-state index contributed by atoms with van der Waals surface area (Å²) in [7, 11) is -3.67. The van der Waals surface area contributed by atoms with Gasteiger partial charge in [-0.3, -0.25) is 4.79 Å². The highest BCUT2D eigenvalue weighted by molar-refractivity contribution is 7.89. The summed E-state index contributed by atoms with van der Waals surface area (Å²) >= 11 is 0. The van der Waals surface area contributed by atoms with Crippen molar-refractivity contribution >= 4 is 15.9 Å². The first-order valence-electron chi connectivity index (χ1n) is 10.4. The number of benzene rings is 2. The smallest absolute Gasteiger partial charge is 0.243 e. The fourth-order valence-electron chi connectivity index (χ4n) is 3.81. The van der Waals surface area contributed by atoms with Crippen molar-refractivity contribution in [2.24, 2.45) is 5.92 Å². The van der Waals surface area contributed by atoms with Crippen LogP contribution in [0.15, 0.2) is 47.4 Å². The van der Waals surface area contributed by atoms with Gasteiger partial charge in [0, 0.05) is 19.0 Å². The van der Waals surface area contributed by atoms with Gasteiger partial charge in [0.15, 0.2) is 0 Å². The summed E-state index contributed by atoms with van der Waals surface area (Å²) in [5, 5.41) is 3.14. The van der Waals surface area contributed by atoms with Crippen LogP contribution in [0.5, 0.6) is 0 Å². The molecule has 1 unspecified atom stereocenters. The maximum absolute atomic E-state index is 13.1. The topological polar surface area (TPSA) is 66.5 Å². The van der Waals surface area contributed by atoms with E-state index in [9.17, 15) is 17.6 Å². The second-order valence-corrected chi connectivity index (χ2v) is 9.88. The number of carbonyl (C=O) groups excluding carboxylic acids is 1. The van der Waals surface area contributed by atoms with Gasteiger partial charge in [-0.05, 0) is 74.1 Å². The molecule has 1 heterocycles. The summed E-state index contributed by atoms with van der Waals surface area (Å²) in [6.45, 7) is 6.71. The van der Waals surface area contributed by atoms with Crippen molar-refractivity contribution in [2.75, 3.05) is 13.1 Å². The maximum atomic E-state index is 13.1. The van der Waals surface area contributed by atoms with Gasteiger partial charge in [0.05, 0.1) is 10.9 Å². The molecule has 162 valence electrons. The van der Waals surface area contributed by atoms with E-state index in [1.807, 2.05) is 6.92 Å². The molecular weight excluding hydrogens is 403 g/mol. The summed E-state index contributed by atoms with van der Waals surface area (Å²) in [4.78, 5) is 12.9. The standard InChI is InChI=1S/C23H29FN2O3S/c1-4-22(19-6-5-16(2)17(3)15-19)25-23(27)18-11-13-26(14-12-18)30(28,29)21-9-7-20(24)8-10-21/h5-10,15,18,22H,4,11-14H2,1-3H3,(H,25,27). The zero-order valence-corrected chi connectivity index (χ0v) is 18.5. The van der Waals surface area contributed by atoms with E-state index >= 15 is 0 Å². The minimum Gasteiger partial charge on any atom is -0.349 e. The molecule has 1 fully saturated rings. The van der Waals surface area contributed by atoms with Crippen molar-refractivity contribution in [1.82, 2.24) is 9.62 Å². The van der Waals surface area contributed by atoms with E-state index in [2.05, 4.69) is 37.4 Å². The lowest BCUT2D eigenvalue weighted by Crippen LogP contribution is -2.43. The molecule has 0 aliphatic carbocycles. The Morgan fingerprint density at radius 3 is 2.30 bits per heavy atom. The summed E-state index contributed by atoms with van der Waals surface area (Å²) in [6.07, 6.45) is 1.72. The van der Waals surface area contributed by atoms with Crippen molar-refractivity contribution in [2.45, 2.75) is 51.0 Å². The normalized spacial score (nSPS) is 16.9. The molecule has 0 spiro atoms. The van der Waals surface area contributed by atoms with Crippen LogP contribution in [0.1, 0.15) is 48.9 Å². The molecule has 2 aromatic rings. The van der Waals surface area contributed by atoms with Gasteiger partial charge in [-0.25, -0.2) is 12.8 Å². The third kappa shape index (κ3) is 4.90. The third-order valence-corrected chi connectivity index (χ3v) is 7.85. The van der Waals surface area contributed by atoms with Crippen molar-refractivity contribution in [3.63, 3.8) is 0 Å². The molecule has 0 saturated carbocycles. The van der Waals surface area contributed by atoms with Gasteiger partial charge in [-0.1, -0.05) is 25.1 Å². The summed E-state index contributed by atoms with van der Waals surface area (Å²) in [6, 6.07) is 11.0.